The van der Waals surface area contributed by atoms with Gasteiger partial charge in [-0.3, -0.25) is 4.79 Å². The Morgan fingerprint density at radius 2 is 2.00 bits per heavy atom. The highest BCUT2D eigenvalue weighted by Crippen LogP contribution is 2.29. The number of alkyl halides is 2. The summed E-state index contributed by atoms with van der Waals surface area (Å²) in [5, 5.41) is 2.58. The number of carbonyl (C=O) groups is 1. The third-order valence-electron chi connectivity index (χ3n) is 3.35. The van der Waals surface area contributed by atoms with Gasteiger partial charge >= 0.3 is 6.61 Å². The van der Waals surface area contributed by atoms with Gasteiger partial charge in [0.15, 0.2) is 0 Å². The lowest BCUT2D eigenvalue weighted by atomic mass is 10.2. The van der Waals surface area contributed by atoms with Crippen molar-refractivity contribution in [3.05, 3.63) is 65.5 Å². The molecule has 0 atom stereocenters. The minimum atomic E-state index is -2.97. The Morgan fingerprint density at radius 3 is 2.69 bits per heavy atom. The molecule has 2 aromatic carbocycles. The first-order valence-electron chi connectivity index (χ1n) is 7.55. The molecule has 3 rings (SSSR count). The Balaban J connectivity index is 1.63. The third kappa shape index (κ3) is 4.58. The molecule has 0 fully saturated rings. The molecule has 0 aliphatic rings. The molecule has 1 N–H and O–H groups in total. The number of oxazole rings is 1. The van der Waals surface area contributed by atoms with Crippen molar-refractivity contribution in [3.8, 4) is 17.2 Å². The zero-order valence-electron chi connectivity index (χ0n) is 13.3. The molecule has 1 heterocycles. The van der Waals surface area contributed by atoms with Crippen molar-refractivity contribution in [1.29, 1.82) is 0 Å². The molecule has 1 aromatic heterocycles. The van der Waals surface area contributed by atoms with E-state index in [4.69, 9.17) is 16.0 Å². The highest BCUT2D eigenvalue weighted by atomic mass is 35.5. The quantitative estimate of drug-likeness (QED) is 0.670. The molecule has 0 saturated heterocycles. The van der Waals surface area contributed by atoms with Crippen LogP contribution in [0.5, 0.6) is 5.75 Å². The second kappa shape index (κ2) is 7.97. The van der Waals surface area contributed by atoms with Crippen molar-refractivity contribution in [2.75, 3.05) is 5.32 Å². The van der Waals surface area contributed by atoms with Crippen LogP contribution in [0.4, 0.5) is 14.5 Å². The largest absolute Gasteiger partial charge is 0.444 e. The molecule has 1 amide bonds. The monoisotopic (exact) mass is 378 g/mol. The number of amides is 1. The van der Waals surface area contributed by atoms with Crippen LogP contribution in [-0.4, -0.2) is 17.5 Å². The third-order valence-corrected chi connectivity index (χ3v) is 3.64. The predicted molar refractivity (Wildman–Crippen MR) is 92.4 cm³/mol. The maximum Gasteiger partial charge on any atom is 0.387 e. The summed E-state index contributed by atoms with van der Waals surface area (Å²) in [5.41, 5.74) is 1.62. The van der Waals surface area contributed by atoms with Crippen molar-refractivity contribution < 1.29 is 22.7 Å². The molecular weight excluding hydrogens is 366 g/mol. The second-order valence-electron chi connectivity index (χ2n) is 5.26. The number of nitrogens with zero attached hydrogens (tertiary/aromatic N) is 1. The van der Waals surface area contributed by atoms with Crippen molar-refractivity contribution in [2.45, 2.75) is 13.0 Å². The Labute approximate surface area is 152 Å². The molecular formula is C18H13ClF2N2O3. The second-order valence-corrected chi connectivity index (χ2v) is 5.67. The molecule has 0 unspecified atom stereocenters. The molecule has 5 nitrogen and oxygen atoms in total. The minimum absolute atomic E-state index is 0.0107. The summed E-state index contributed by atoms with van der Waals surface area (Å²) in [6.07, 6.45) is 1.40. The van der Waals surface area contributed by atoms with Gasteiger partial charge in [0.05, 0.1) is 17.1 Å². The van der Waals surface area contributed by atoms with Gasteiger partial charge in [-0.2, -0.15) is 8.78 Å². The summed E-state index contributed by atoms with van der Waals surface area (Å²) >= 11 is 5.85. The highest BCUT2D eigenvalue weighted by molar-refractivity contribution is 6.32. The summed E-state index contributed by atoms with van der Waals surface area (Å²) in [6, 6.07) is 13.3. The number of anilines is 1. The first-order chi connectivity index (χ1) is 12.5. The van der Waals surface area contributed by atoms with Gasteiger partial charge in [0.1, 0.15) is 12.0 Å². The summed E-state index contributed by atoms with van der Waals surface area (Å²) in [5.74, 6) is -0.0925. The fourth-order valence-corrected chi connectivity index (χ4v) is 2.47. The van der Waals surface area contributed by atoms with Crippen LogP contribution in [-0.2, 0) is 11.2 Å². The van der Waals surface area contributed by atoms with E-state index >= 15 is 0 Å². The van der Waals surface area contributed by atoms with Gasteiger partial charge in [-0.1, -0.05) is 29.8 Å². The van der Waals surface area contributed by atoms with Gasteiger partial charge < -0.3 is 14.5 Å². The van der Waals surface area contributed by atoms with E-state index in [0.29, 0.717) is 17.3 Å². The minimum Gasteiger partial charge on any atom is -0.444 e. The Morgan fingerprint density at radius 1 is 1.23 bits per heavy atom. The van der Waals surface area contributed by atoms with Crippen molar-refractivity contribution in [3.63, 3.8) is 0 Å². The van der Waals surface area contributed by atoms with E-state index in [1.165, 1.54) is 24.5 Å². The smallest absolute Gasteiger partial charge is 0.387 e. The van der Waals surface area contributed by atoms with E-state index in [1.54, 1.807) is 0 Å². The Hall–Kier alpha value is -2.93. The van der Waals surface area contributed by atoms with Crippen LogP contribution in [0.1, 0.15) is 5.69 Å². The lowest BCUT2D eigenvalue weighted by Gasteiger charge is -2.09. The molecule has 0 spiro atoms. The summed E-state index contributed by atoms with van der Waals surface area (Å²) in [7, 11) is 0. The normalized spacial score (nSPS) is 10.8. The van der Waals surface area contributed by atoms with Gasteiger partial charge in [-0.15, -0.1) is 0 Å². The van der Waals surface area contributed by atoms with Crippen molar-refractivity contribution in [1.82, 2.24) is 4.98 Å². The maximum absolute atomic E-state index is 12.2. The molecule has 0 bridgehead atoms. The van der Waals surface area contributed by atoms with Gasteiger partial charge in [-0.25, -0.2) is 4.98 Å². The van der Waals surface area contributed by atoms with E-state index in [0.717, 1.165) is 5.56 Å². The van der Waals surface area contributed by atoms with E-state index < -0.39 is 6.61 Å². The Kier molecular flexibility index (Phi) is 5.48. The molecule has 0 saturated carbocycles. The van der Waals surface area contributed by atoms with Crippen LogP contribution in [0.25, 0.3) is 11.5 Å². The van der Waals surface area contributed by atoms with Crippen molar-refractivity contribution >= 4 is 23.2 Å². The number of hydrogen-bond donors (Lipinski definition) is 1. The topological polar surface area (TPSA) is 64.4 Å². The average molecular weight is 379 g/mol. The standard InChI is InChI=1S/C18H13ClF2N2O3/c19-14-8-12(6-7-15(14)26-18(20)21)22-16(24)9-13-10-25-17(23-13)11-4-2-1-3-5-11/h1-8,10,18H,9H2,(H,22,24). The number of rotatable bonds is 6. The molecule has 3 aromatic rings. The lowest BCUT2D eigenvalue weighted by molar-refractivity contribution is -0.115. The highest BCUT2D eigenvalue weighted by Gasteiger charge is 2.13. The fourth-order valence-electron chi connectivity index (χ4n) is 2.24. The first-order valence-corrected chi connectivity index (χ1v) is 7.93. The number of aromatic nitrogens is 1. The number of carbonyl (C=O) groups excluding carboxylic acids is 1. The molecule has 134 valence electrons. The molecule has 8 heteroatoms. The number of nitrogens with one attached hydrogen (secondary N) is 1. The lowest BCUT2D eigenvalue weighted by Crippen LogP contribution is -2.14. The van der Waals surface area contributed by atoms with E-state index in [-0.39, 0.29) is 23.1 Å². The average Bonchev–Trinajstić information content (AvgIpc) is 3.06. The van der Waals surface area contributed by atoms with Crippen LogP contribution >= 0.6 is 11.6 Å². The fraction of sp³-hybridized carbons (Fsp3) is 0.111. The van der Waals surface area contributed by atoms with Gasteiger partial charge in [0.25, 0.3) is 0 Å². The SMILES string of the molecule is O=C(Cc1coc(-c2ccccc2)n1)Nc1ccc(OC(F)F)c(Cl)c1. The molecule has 0 radical (unpaired) electrons. The van der Waals surface area contributed by atoms with Gasteiger partial charge in [0.2, 0.25) is 11.8 Å². The van der Waals surface area contributed by atoms with Crippen LogP contribution in [0.2, 0.25) is 5.02 Å². The number of ether oxygens (including phenoxy) is 1. The predicted octanol–water partition coefficient (Wildman–Crippen LogP) is 4.78. The number of halogens is 3. The van der Waals surface area contributed by atoms with Crippen LogP contribution in [0, 0.1) is 0 Å². The van der Waals surface area contributed by atoms with Gasteiger partial charge in [-0.05, 0) is 30.3 Å². The number of hydrogen-bond acceptors (Lipinski definition) is 4. The number of benzene rings is 2. The summed E-state index contributed by atoms with van der Waals surface area (Å²) in [6.45, 7) is -2.97. The van der Waals surface area contributed by atoms with E-state index in [2.05, 4.69) is 15.0 Å². The van der Waals surface area contributed by atoms with Crippen LogP contribution in [0.15, 0.2) is 59.2 Å². The van der Waals surface area contributed by atoms with Crippen LogP contribution in [0.3, 0.4) is 0 Å². The maximum atomic E-state index is 12.2. The van der Waals surface area contributed by atoms with Gasteiger partial charge in [0, 0.05) is 11.3 Å². The first kappa shape index (κ1) is 17.9. The van der Waals surface area contributed by atoms with Crippen LogP contribution < -0.4 is 10.1 Å². The molecule has 26 heavy (non-hydrogen) atoms. The van der Waals surface area contributed by atoms with E-state index in [9.17, 15) is 13.6 Å². The zero-order chi connectivity index (χ0) is 18.5. The summed E-state index contributed by atoms with van der Waals surface area (Å²) < 4.78 is 34.0. The molecule has 0 aliphatic heterocycles. The van der Waals surface area contributed by atoms with E-state index in [1.807, 2.05) is 30.3 Å². The molecule has 0 aliphatic carbocycles. The Bertz CT molecular complexity index is 900. The van der Waals surface area contributed by atoms with Crippen molar-refractivity contribution in [2.24, 2.45) is 0 Å². The summed E-state index contributed by atoms with van der Waals surface area (Å²) in [4.78, 5) is 16.4. The zero-order valence-corrected chi connectivity index (χ0v) is 14.0.